The molecule has 2 rings (SSSR count). The molecule has 0 aromatic heterocycles. The largest absolute Gasteiger partial charge is 0.348 e. The lowest BCUT2D eigenvalue weighted by Crippen LogP contribution is -2.35. The second-order valence-electron chi connectivity index (χ2n) is 5.42. The van der Waals surface area contributed by atoms with E-state index in [4.69, 9.17) is 9.47 Å². The summed E-state index contributed by atoms with van der Waals surface area (Å²) in [6.07, 6.45) is 0.694. The first kappa shape index (κ1) is 14.0. The van der Waals surface area contributed by atoms with Crippen molar-refractivity contribution in [1.82, 2.24) is 0 Å². The molecule has 0 unspecified atom stereocenters. The van der Waals surface area contributed by atoms with Crippen LogP contribution in [0.4, 0.5) is 5.69 Å². The summed E-state index contributed by atoms with van der Waals surface area (Å²) >= 11 is 0. The summed E-state index contributed by atoms with van der Waals surface area (Å²) in [7, 11) is 0. The van der Waals surface area contributed by atoms with Gasteiger partial charge in [0.25, 0.3) is 0 Å². The van der Waals surface area contributed by atoms with Crippen molar-refractivity contribution >= 4 is 11.6 Å². The molecule has 104 valence electrons. The van der Waals surface area contributed by atoms with E-state index >= 15 is 0 Å². The third-order valence-corrected chi connectivity index (χ3v) is 3.50. The maximum Gasteiger partial charge on any atom is 0.221 e. The molecule has 0 bridgehead atoms. The Kier molecular flexibility index (Phi) is 4.22. The first-order valence-electron chi connectivity index (χ1n) is 6.63. The van der Waals surface area contributed by atoms with Crippen LogP contribution in [0.25, 0.3) is 0 Å². The summed E-state index contributed by atoms with van der Waals surface area (Å²) in [5.41, 5.74) is 1.80. The van der Waals surface area contributed by atoms with Crippen molar-refractivity contribution in [2.24, 2.45) is 5.41 Å². The number of anilines is 1. The van der Waals surface area contributed by atoms with Gasteiger partial charge >= 0.3 is 0 Å². The average molecular weight is 263 g/mol. The molecule has 1 N–H and O–H groups in total. The van der Waals surface area contributed by atoms with Gasteiger partial charge in [0.05, 0.1) is 13.2 Å². The Hall–Kier alpha value is -1.39. The maximum atomic E-state index is 11.1. The van der Waals surface area contributed by atoms with Gasteiger partial charge in [0.2, 0.25) is 5.91 Å². The number of carbonyl (C=O) groups excluding carboxylic acids is 1. The number of carbonyl (C=O) groups is 1. The van der Waals surface area contributed by atoms with E-state index in [0.29, 0.717) is 13.2 Å². The van der Waals surface area contributed by atoms with Crippen molar-refractivity contribution in [3.05, 3.63) is 29.8 Å². The van der Waals surface area contributed by atoms with Crippen molar-refractivity contribution in [2.75, 3.05) is 18.5 Å². The van der Waals surface area contributed by atoms with Crippen LogP contribution in [0.15, 0.2) is 24.3 Å². The first-order chi connectivity index (χ1) is 9.02. The highest BCUT2D eigenvalue weighted by Crippen LogP contribution is 2.34. The van der Waals surface area contributed by atoms with Gasteiger partial charge in [-0.1, -0.05) is 26.0 Å². The monoisotopic (exact) mass is 263 g/mol. The molecule has 0 saturated carbocycles. The van der Waals surface area contributed by atoms with Crippen LogP contribution in [0.3, 0.4) is 0 Å². The SMILES string of the molecule is CCC1(C)COC(c2cccc(NC(C)=O)c2)OC1. The summed E-state index contributed by atoms with van der Waals surface area (Å²) < 4.78 is 11.6. The highest BCUT2D eigenvalue weighted by Gasteiger charge is 2.31. The second kappa shape index (κ2) is 5.72. The molecular weight excluding hydrogens is 242 g/mol. The van der Waals surface area contributed by atoms with Crippen molar-refractivity contribution in [2.45, 2.75) is 33.5 Å². The fourth-order valence-corrected chi connectivity index (χ4v) is 2.01. The zero-order valence-electron chi connectivity index (χ0n) is 11.7. The van der Waals surface area contributed by atoms with E-state index in [1.54, 1.807) is 0 Å². The van der Waals surface area contributed by atoms with Gasteiger partial charge in [-0.25, -0.2) is 0 Å². The predicted octanol–water partition coefficient (Wildman–Crippen LogP) is 3.11. The molecule has 1 fully saturated rings. The Morgan fingerprint density at radius 3 is 2.68 bits per heavy atom. The Bertz CT molecular complexity index is 450. The van der Waals surface area contributed by atoms with Gasteiger partial charge in [-0.2, -0.15) is 0 Å². The van der Waals surface area contributed by atoms with Crippen LogP contribution < -0.4 is 5.32 Å². The number of hydrogen-bond donors (Lipinski definition) is 1. The van der Waals surface area contributed by atoms with Gasteiger partial charge in [0.1, 0.15) is 0 Å². The van der Waals surface area contributed by atoms with E-state index in [1.165, 1.54) is 6.92 Å². The number of amides is 1. The van der Waals surface area contributed by atoms with Gasteiger partial charge in [-0.05, 0) is 18.6 Å². The van der Waals surface area contributed by atoms with E-state index < -0.39 is 0 Å². The summed E-state index contributed by atoms with van der Waals surface area (Å²) in [4.78, 5) is 11.1. The minimum absolute atomic E-state index is 0.0822. The highest BCUT2D eigenvalue weighted by molar-refractivity contribution is 5.88. The number of nitrogens with one attached hydrogen (secondary N) is 1. The Morgan fingerprint density at radius 1 is 1.42 bits per heavy atom. The number of ether oxygens (including phenoxy) is 2. The number of benzene rings is 1. The lowest BCUT2D eigenvalue weighted by molar-refractivity contribution is -0.230. The fourth-order valence-electron chi connectivity index (χ4n) is 2.01. The smallest absolute Gasteiger partial charge is 0.221 e. The maximum absolute atomic E-state index is 11.1. The third kappa shape index (κ3) is 3.55. The molecule has 0 spiro atoms. The van der Waals surface area contributed by atoms with Gasteiger partial charge in [-0.15, -0.1) is 0 Å². The molecule has 0 radical (unpaired) electrons. The molecule has 0 atom stereocenters. The minimum Gasteiger partial charge on any atom is -0.348 e. The molecule has 1 aromatic carbocycles. The summed E-state index contributed by atoms with van der Waals surface area (Å²) in [5.74, 6) is -0.0822. The Labute approximate surface area is 114 Å². The van der Waals surface area contributed by atoms with Crippen LogP contribution in [0.1, 0.15) is 39.0 Å². The molecule has 1 heterocycles. The topological polar surface area (TPSA) is 47.6 Å². The minimum atomic E-state index is -0.340. The zero-order valence-corrected chi connectivity index (χ0v) is 11.7. The Morgan fingerprint density at radius 2 is 2.11 bits per heavy atom. The van der Waals surface area contributed by atoms with Crippen LogP contribution >= 0.6 is 0 Å². The van der Waals surface area contributed by atoms with E-state index in [9.17, 15) is 4.79 Å². The number of rotatable bonds is 3. The predicted molar refractivity (Wildman–Crippen MR) is 73.8 cm³/mol. The highest BCUT2D eigenvalue weighted by atomic mass is 16.7. The molecular formula is C15H21NO3. The first-order valence-corrected chi connectivity index (χ1v) is 6.63. The molecule has 19 heavy (non-hydrogen) atoms. The van der Waals surface area contributed by atoms with Crippen molar-refractivity contribution in [3.8, 4) is 0 Å². The molecule has 4 nitrogen and oxygen atoms in total. The molecule has 1 aliphatic rings. The van der Waals surface area contributed by atoms with Crippen LogP contribution in [0.5, 0.6) is 0 Å². The van der Waals surface area contributed by atoms with E-state index in [2.05, 4.69) is 19.2 Å². The third-order valence-electron chi connectivity index (χ3n) is 3.50. The molecule has 1 aliphatic heterocycles. The van der Waals surface area contributed by atoms with E-state index in [1.807, 2.05) is 24.3 Å². The quantitative estimate of drug-likeness (QED) is 0.911. The standard InChI is InChI=1S/C15H21NO3/c1-4-15(3)9-18-14(19-10-15)12-6-5-7-13(8-12)16-11(2)17/h5-8,14H,4,9-10H2,1-3H3,(H,16,17). The van der Waals surface area contributed by atoms with Crippen LogP contribution in [-0.4, -0.2) is 19.1 Å². The fraction of sp³-hybridized carbons (Fsp3) is 0.533. The van der Waals surface area contributed by atoms with Crippen molar-refractivity contribution < 1.29 is 14.3 Å². The zero-order chi connectivity index (χ0) is 13.9. The summed E-state index contributed by atoms with van der Waals surface area (Å²) in [6.45, 7) is 7.19. The molecule has 1 saturated heterocycles. The van der Waals surface area contributed by atoms with Gasteiger partial charge < -0.3 is 14.8 Å². The van der Waals surface area contributed by atoms with Gasteiger partial charge in [0.15, 0.2) is 6.29 Å². The molecule has 1 amide bonds. The van der Waals surface area contributed by atoms with Crippen LogP contribution in [0.2, 0.25) is 0 Å². The summed E-state index contributed by atoms with van der Waals surface area (Å²) in [5, 5.41) is 2.76. The summed E-state index contributed by atoms with van der Waals surface area (Å²) in [6, 6.07) is 7.58. The molecule has 4 heteroatoms. The van der Waals surface area contributed by atoms with Crippen molar-refractivity contribution in [3.63, 3.8) is 0 Å². The van der Waals surface area contributed by atoms with E-state index in [0.717, 1.165) is 17.7 Å². The normalized spacial score (nSPS) is 27.0. The van der Waals surface area contributed by atoms with Crippen LogP contribution in [0, 0.1) is 5.41 Å². The number of hydrogen-bond acceptors (Lipinski definition) is 3. The van der Waals surface area contributed by atoms with Gasteiger partial charge in [0, 0.05) is 23.6 Å². The lowest BCUT2D eigenvalue weighted by Gasteiger charge is -2.36. The van der Waals surface area contributed by atoms with Crippen molar-refractivity contribution in [1.29, 1.82) is 0 Å². The molecule has 1 aromatic rings. The lowest BCUT2D eigenvalue weighted by atomic mass is 9.89. The van der Waals surface area contributed by atoms with Gasteiger partial charge in [-0.3, -0.25) is 4.79 Å². The van der Waals surface area contributed by atoms with Crippen LogP contribution in [-0.2, 0) is 14.3 Å². The van der Waals surface area contributed by atoms with E-state index in [-0.39, 0.29) is 17.6 Å². The molecule has 0 aliphatic carbocycles. The Balaban J connectivity index is 2.05. The second-order valence-corrected chi connectivity index (χ2v) is 5.42. The average Bonchev–Trinajstić information content (AvgIpc) is 2.39.